The highest BCUT2D eigenvalue weighted by Crippen LogP contribution is 2.32. The van der Waals surface area contributed by atoms with Gasteiger partial charge in [-0.25, -0.2) is 0 Å². The molecule has 11 heavy (non-hydrogen) atoms. The zero-order chi connectivity index (χ0) is 8.43. The molecule has 0 saturated heterocycles. The van der Waals surface area contributed by atoms with Crippen molar-refractivity contribution in [2.75, 3.05) is 0 Å². The molecule has 0 aromatic carbocycles. The maximum absolute atomic E-state index is 5.74. The van der Waals surface area contributed by atoms with Gasteiger partial charge in [-0.2, -0.15) is 0 Å². The first-order valence-electron chi connectivity index (χ1n) is 4.63. The Labute approximate surface area is 69.5 Å². The summed E-state index contributed by atoms with van der Waals surface area (Å²) >= 11 is 0. The first kappa shape index (κ1) is 9.01. The molecule has 0 aromatic rings. The molecule has 66 valence electrons. The Morgan fingerprint density at radius 2 is 1.82 bits per heavy atom. The van der Waals surface area contributed by atoms with Crippen LogP contribution < -0.4 is 11.1 Å². The minimum Gasteiger partial charge on any atom is -0.327 e. The third-order valence-electron chi connectivity index (χ3n) is 2.64. The number of hydrogen-bond donors (Lipinski definition) is 2. The second-order valence-corrected chi connectivity index (χ2v) is 3.94. The fourth-order valence-corrected chi connectivity index (χ4v) is 1.30. The molecule has 0 bridgehead atoms. The molecule has 2 nitrogen and oxygen atoms in total. The monoisotopic (exact) mass is 156 g/mol. The van der Waals surface area contributed by atoms with E-state index in [1.807, 2.05) is 0 Å². The van der Waals surface area contributed by atoms with Gasteiger partial charge in [0.1, 0.15) is 0 Å². The molecule has 0 aromatic heterocycles. The van der Waals surface area contributed by atoms with E-state index in [1.165, 1.54) is 12.8 Å². The van der Waals surface area contributed by atoms with Crippen LogP contribution in [0.4, 0.5) is 0 Å². The normalized spacial score (nSPS) is 26.2. The first-order chi connectivity index (χ1) is 5.11. The quantitative estimate of drug-likeness (QED) is 0.640. The largest absolute Gasteiger partial charge is 0.327 e. The van der Waals surface area contributed by atoms with Gasteiger partial charge in [-0.15, -0.1) is 0 Å². The Balaban J connectivity index is 2.17. The Morgan fingerprint density at radius 1 is 1.27 bits per heavy atom. The summed E-state index contributed by atoms with van der Waals surface area (Å²) in [5, 5.41) is 3.52. The Kier molecular flexibility index (Phi) is 2.90. The van der Waals surface area contributed by atoms with Gasteiger partial charge in [0, 0.05) is 18.1 Å². The van der Waals surface area contributed by atoms with Crippen molar-refractivity contribution >= 4 is 0 Å². The Hall–Kier alpha value is -0.0800. The molecule has 1 aliphatic rings. The molecule has 1 aliphatic carbocycles. The highest BCUT2D eigenvalue weighted by Gasteiger charge is 2.28. The summed E-state index contributed by atoms with van der Waals surface area (Å²) in [5.74, 6) is 0.927. The van der Waals surface area contributed by atoms with Crippen LogP contribution in [0.15, 0.2) is 0 Å². The van der Waals surface area contributed by atoms with Crippen molar-refractivity contribution in [3.05, 3.63) is 0 Å². The summed E-state index contributed by atoms with van der Waals surface area (Å²) < 4.78 is 0. The lowest BCUT2D eigenvalue weighted by atomic mass is 10.1. The summed E-state index contributed by atoms with van der Waals surface area (Å²) in [6.45, 7) is 6.47. The van der Waals surface area contributed by atoms with E-state index in [2.05, 4.69) is 26.1 Å². The molecule has 1 saturated carbocycles. The molecule has 0 heterocycles. The van der Waals surface area contributed by atoms with E-state index in [1.54, 1.807) is 0 Å². The van der Waals surface area contributed by atoms with Gasteiger partial charge in [0.2, 0.25) is 0 Å². The van der Waals surface area contributed by atoms with Crippen LogP contribution in [0.1, 0.15) is 33.6 Å². The van der Waals surface area contributed by atoms with E-state index in [4.69, 9.17) is 5.73 Å². The summed E-state index contributed by atoms with van der Waals surface area (Å²) in [6, 6.07) is 1.37. The van der Waals surface area contributed by atoms with Crippen molar-refractivity contribution < 1.29 is 0 Å². The maximum atomic E-state index is 5.74. The van der Waals surface area contributed by atoms with Crippen LogP contribution in [-0.2, 0) is 0 Å². The molecule has 0 amide bonds. The van der Waals surface area contributed by atoms with E-state index >= 15 is 0 Å². The first-order valence-corrected chi connectivity index (χ1v) is 4.63. The average Bonchev–Trinajstić information content (AvgIpc) is 2.67. The minimum absolute atomic E-state index is 0.260. The average molecular weight is 156 g/mol. The second-order valence-electron chi connectivity index (χ2n) is 3.94. The zero-order valence-electron chi connectivity index (χ0n) is 7.80. The fraction of sp³-hybridized carbons (Fsp3) is 1.00. The second kappa shape index (κ2) is 3.55. The van der Waals surface area contributed by atoms with E-state index in [-0.39, 0.29) is 6.04 Å². The molecular formula is C9H20N2. The summed E-state index contributed by atoms with van der Waals surface area (Å²) in [4.78, 5) is 0. The van der Waals surface area contributed by atoms with Crippen LogP contribution in [0.25, 0.3) is 0 Å². The smallest absolute Gasteiger partial charge is 0.0190 e. The third kappa shape index (κ3) is 2.80. The third-order valence-corrected chi connectivity index (χ3v) is 2.64. The van der Waals surface area contributed by atoms with Crippen LogP contribution >= 0.6 is 0 Å². The van der Waals surface area contributed by atoms with E-state index in [0.29, 0.717) is 12.1 Å². The highest BCUT2D eigenvalue weighted by atomic mass is 15.0. The van der Waals surface area contributed by atoms with Crippen molar-refractivity contribution in [1.82, 2.24) is 5.32 Å². The van der Waals surface area contributed by atoms with Crippen molar-refractivity contribution in [3.63, 3.8) is 0 Å². The van der Waals surface area contributed by atoms with Crippen LogP contribution in [-0.4, -0.2) is 18.1 Å². The molecule has 1 rings (SSSR count). The van der Waals surface area contributed by atoms with Crippen molar-refractivity contribution in [2.24, 2.45) is 11.7 Å². The Bertz CT molecular complexity index is 113. The molecule has 3 atom stereocenters. The lowest BCUT2D eigenvalue weighted by Gasteiger charge is -2.22. The lowest BCUT2D eigenvalue weighted by Crippen LogP contribution is -2.45. The molecule has 1 fully saturated rings. The minimum atomic E-state index is 0.260. The van der Waals surface area contributed by atoms with Crippen molar-refractivity contribution in [1.29, 1.82) is 0 Å². The summed E-state index contributed by atoms with van der Waals surface area (Å²) in [6.07, 6.45) is 2.81. The van der Waals surface area contributed by atoms with Crippen LogP contribution in [0, 0.1) is 5.92 Å². The lowest BCUT2D eigenvalue weighted by molar-refractivity contribution is 0.396. The van der Waals surface area contributed by atoms with Crippen LogP contribution in [0.3, 0.4) is 0 Å². The summed E-state index contributed by atoms with van der Waals surface area (Å²) in [5.41, 5.74) is 5.74. The summed E-state index contributed by atoms with van der Waals surface area (Å²) in [7, 11) is 0. The van der Waals surface area contributed by atoms with Crippen LogP contribution in [0.5, 0.6) is 0 Å². The zero-order valence-corrected chi connectivity index (χ0v) is 7.80. The molecule has 0 aliphatic heterocycles. The molecule has 0 radical (unpaired) electrons. The highest BCUT2D eigenvalue weighted by molar-refractivity contribution is 4.86. The SMILES string of the molecule is CC(N)C(C)NC(C)C1CC1. The number of nitrogens with two attached hydrogens (primary N) is 1. The molecule has 3 unspecified atom stereocenters. The number of rotatable bonds is 4. The van der Waals surface area contributed by atoms with Gasteiger partial charge in [0.15, 0.2) is 0 Å². The van der Waals surface area contributed by atoms with Crippen molar-refractivity contribution in [2.45, 2.75) is 51.7 Å². The fourth-order valence-electron chi connectivity index (χ4n) is 1.30. The van der Waals surface area contributed by atoms with E-state index < -0.39 is 0 Å². The van der Waals surface area contributed by atoms with Crippen molar-refractivity contribution in [3.8, 4) is 0 Å². The number of nitrogens with one attached hydrogen (secondary N) is 1. The van der Waals surface area contributed by atoms with Crippen LogP contribution in [0.2, 0.25) is 0 Å². The van der Waals surface area contributed by atoms with Gasteiger partial charge in [0.05, 0.1) is 0 Å². The topological polar surface area (TPSA) is 38.0 Å². The standard InChI is InChI=1S/C9H20N2/c1-6(10)7(2)11-8(3)9-4-5-9/h6-9,11H,4-5,10H2,1-3H3. The van der Waals surface area contributed by atoms with Gasteiger partial charge in [0.25, 0.3) is 0 Å². The molecule has 0 spiro atoms. The van der Waals surface area contributed by atoms with Gasteiger partial charge in [-0.05, 0) is 39.5 Å². The molecular weight excluding hydrogens is 136 g/mol. The molecule has 2 heteroatoms. The van der Waals surface area contributed by atoms with Gasteiger partial charge in [-0.3, -0.25) is 0 Å². The van der Waals surface area contributed by atoms with Gasteiger partial charge < -0.3 is 11.1 Å². The van der Waals surface area contributed by atoms with E-state index in [0.717, 1.165) is 5.92 Å². The maximum Gasteiger partial charge on any atom is 0.0190 e. The Morgan fingerprint density at radius 3 is 2.18 bits per heavy atom. The van der Waals surface area contributed by atoms with Gasteiger partial charge in [-0.1, -0.05) is 0 Å². The molecule has 3 N–H and O–H groups in total. The predicted molar refractivity (Wildman–Crippen MR) is 48.4 cm³/mol. The predicted octanol–water partition coefficient (Wildman–Crippen LogP) is 1.11. The van der Waals surface area contributed by atoms with E-state index in [9.17, 15) is 0 Å². The number of hydrogen-bond acceptors (Lipinski definition) is 2. The van der Waals surface area contributed by atoms with Gasteiger partial charge >= 0.3 is 0 Å².